The van der Waals surface area contributed by atoms with Gasteiger partial charge in [-0.15, -0.1) is 0 Å². The highest BCUT2D eigenvalue weighted by Crippen LogP contribution is 2.27. The van der Waals surface area contributed by atoms with Crippen LogP contribution in [0.25, 0.3) is 0 Å². The molecule has 0 aromatic heterocycles. The molecule has 0 fully saturated rings. The minimum absolute atomic E-state index is 0.0304. The quantitative estimate of drug-likeness (QED) is 0.131. The third-order valence-corrected chi connectivity index (χ3v) is 12.3. The summed E-state index contributed by atoms with van der Waals surface area (Å²) in [6.07, 6.45) is 5.29. The molecule has 0 aliphatic rings. The van der Waals surface area contributed by atoms with Crippen LogP contribution in [0.5, 0.6) is 0 Å². The Hall–Kier alpha value is 0.0900. The Morgan fingerprint density at radius 3 is 1.18 bits per heavy atom. The molecule has 0 aromatic rings. The van der Waals surface area contributed by atoms with Gasteiger partial charge in [-0.1, -0.05) is 73.4 Å². The SMILES string of the molecule is C=CC(=O)SCCSC(CSCC(CSC(=O)C=C)SCCSC(=O)C=C)CSC(=O)C=C. The topological polar surface area (TPSA) is 68.3 Å². The summed E-state index contributed by atoms with van der Waals surface area (Å²) in [6.45, 7) is 14.0. The number of thioether (sulfide) groups is 7. The van der Waals surface area contributed by atoms with Crippen molar-refractivity contribution in [2.24, 2.45) is 0 Å². The van der Waals surface area contributed by atoms with E-state index in [0.717, 1.165) is 23.0 Å². The Balaban J connectivity index is 4.65. The molecule has 0 spiro atoms. The first kappa shape index (κ1) is 33.1. The summed E-state index contributed by atoms with van der Waals surface area (Å²) in [7, 11) is 0. The van der Waals surface area contributed by atoms with Crippen molar-refractivity contribution >= 4 is 103 Å². The maximum absolute atomic E-state index is 11.6. The number of hydrogen-bond acceptors (Lipinski definition) is 11. The van der Waals surface area contributed by atoms with Crippen molar-refractivity contribution in [3.63, 3.8) is 0 Å². The lowest BCUT2D eigenvalue weighted by molar-refractivity contribution is -0.107. The van der Waals surface area contributed by atoms with Crippen LogP contribution in [-0.2, 0) is 19.2 Å². The highest BCUT2D eigenvalue weighted by Gasteiger charge is 2.16. The molecule has 184 valence electrons. The molecule has 0 aromatic carbocycles. The lowest BCUT2D eigenvalue weighted by atomic mass is 10.5. The molecule has 33 heavy (non-hydrogen) atoms. The van der Waals surface area contributed by atoms with Gasteiger partial charge >= 0.3 is 0 Å². The number of rotatable bonds is 20. The summed E-state index contributed by atoms with van der Waals surface area (Å²) in [4.78, 5) is 46.0. The first-order chi connectivity index (χ1) is 15.9. The van der Waals surface area contributed by atoms with Gasteiger partial charge < -0.3 is 0 Å². The van der Waals surface area contributed by atoms with Crippen molar-refractivity contribution in [2.45, 2.75) is 10.5 Å². The number of carbonyl (C=O) groups excluding carboxylic acids is 4. The van der Waals surface area contributed by atoms with E-state index in [1.54, 1.807) is 35.3 Å². The van der Waals surface area contributed by atoms with Crippen LogP contribution in [0, 0.1) is 0 Å². The summed E-state index contributed by atoms with van der Waals surface area (Å²) in [5.74, 6) is 6.14. The minimum atomic E-state index is -0.0406. The lowest BCUT2D eigenvalue weighted by Gasteiger charge is -2.19. The molecule has 11 heteroatoms. The van der Waals surface area contributed by atoms with Crippen LogP contribution in [0.15, 0.2) is 50.6 Å². The Morgan fingerprint density at radius 1 is 0.515 bits per heavy atom. The van der Waals surface area contributed by atoms with Gasteiger partial charge in [-0.3, -0.25) is 19.2 Å². The zero-order chi connectivity index (χ0) is 24.9. The Bertz CT molecular complexity index is 626. The van der Waals surface area contributed by atoms with Gasteiger partial charge in [-0.05, 0) is 24.3 Å². The summed E-state index contributed by atoms with van der Waals surface area (Å²) in [5, 5.41) is 0.381. The number of hydrogen-bond donors (Lipinski definition) is 0. The average Bonchev–Trinajstić information content (AvgIpc) is 2.83. The Kier molecular flexibility index (Phi) is 22.6. The molecule has 0 radical (unpaired) electrons. The van der Waals surface area contributed by atoms with E-state index in [1.165, 1.54) is 71.4 Å². The highest BCUT2D eigenvalue weighted by molar-refractivity contribution is 8.16. The second-order valence-electron chi connectivity index (χ2n) is 5.93. The molecule has 0 heterocycles. The smallest absolute Gasteiger partial charge is 0.211 e. The van der Waals surface area contributed by atoms with E-state index < -0.39 is 0 Å². The second kappa shape index (κ2) is 22.5. The van der Waals surface area contributed by atoms with Crippen LogP contribution in [0.4, 0.5) is 0 Å². The maximum Gasteiger partial charge on any atom is 0.211 e. The fraction of sp³-hybridized carbons (Fsp3) is 0.455. The van der Waals surface area contributed by atoms with Crippen molar-refractivity contribution in [3.8, 4) is 0 Å². The van der Waals surface area contributed by atoms with Crippen LogP contribution >= 0.6 is 82.3 Å². The molecule has 0 saturated heterocycles. The molecule has 4 nitrogen and oxygen atoms in total. The van der Waals surface area contributed by atoms with E-state index in [1.807, 2.05) is 0 Å². The highest BCUT2D eigenvalue weighted by atomic mass is 32.2. The van der Waals surface area contributed by atoms with Gasteiger partial charge in [0.15, 0.2) is 0 Å². The molecule has 0 bridgehead atoms. The van der Waals surface area contributed by atoms with Crippen LogP contribution in [0.3, 0.4) is 0 Å². The molecule has 2 unspecified atom stereocenters. The van der Waals surface area contributed by atoms with Crippen molar-refractivity contribution in [1.29, 1.82) is 0 Å². The molecular formula is C22H30O4S7. The molecule has 0 aliphatic carbocycles. The van der Waals surface area contributed by atoms with E-state index in [0.29, 0.717) is 23.0 Å². The van der Waals surface area contributed by atoms with Gasteiger partial charge in [0.1, 0.15) is 0 Å². The fourth-order valence-electron chi connectivity index (χ4n) is 1.92. The van der Waals surface area contributed by atoms with Crippen molar-refractivity contribution < 1.29 is 19.2 Å². The third kappa shape index (κ3) is 20.0. The van der Waals surface area contributed by atoms with Crippen molar-refractivity contribution in [1.82, 2.24) is 0 Å². The van der Waals surface area contributed by atoms with Gasteiger partial charge in [0.05, 0.1) is 0 Å². The van der Waals surface area contributed by atoms with E-state index in [2.05, 4.69) is 26.3 Å². The van der Waals surface area contributed by atoms with Gasteiger partial charge in [0.25, 0.3) is 0 Å². The summed E-state index contributed by atoms with van der Waals surface area (Å²) < 4.78 is 0. The van der Waals surface area contributed by atoms with E-state index in [4.69, 9.17) is 0 Å². The molecule has 0 aliphatic heterocycles. The van der Waals surface area contributed by atoms with E-state index >= 15 is 0 Å². The molecule has 0 rings (SSSR count). The summed E-state index contributed by atoms with van der Waals surface area (Å²) >= 11 is 10.4. The van der Waals surface area contributed by atoms with Gasteiger partial charge in [-0.25, -0.2) is 0 Å². The van der Waals surface area contributed by atoms with Crippen LogP contribution in [0.1, 0.15) is 0 Å². The van der Waals surface area contributed by atoms with Gasteiger partial charge in [0.2, 0.25) is 20.5 Å². The Morgan fingerprint density at radius 2 is 0.848 bits per heavy atom. The van der Waals surface area contributed by atoms with Crippen molar-refractivity contribution in [2.75, 3.05) is 46.0 Å². The zero-order valence-corrected chi connectivity index (χ0v) is 24.2. The van der Waals surface area contributed by atoms with Gasteiger partial charge in [-0.2, -0.15) is 35.3 Å². The van der Waals surface area contributed by atoms with Crippen molar-refractivity contribution in [3.05, 3.63) is 50.6 Å². The fourth-order valence-corrected chi connectivity index (χ4v) is 9.55. The molecule has 0 saturated carbocycles. The normalized spacial score (nSPS) is 12.4. The molecule has 0 N–H and O–H groups in total. The summed E-state index contributed by atoms with van der Waals surface area (Å²) in [6, 6.07) is 0. The molecule has 2 atom stereocenters. The number of carbonyl (C=O) groups is 4. The first-order valence-corrected chi connectivity index (χ1v) is 17.0. The maximum atomic E-state index is 11.6. The largest absolute Gasteiger partial charge is 0.282 e. The van der Waals surface area contributed by atoms with E-state index in [9.17, 15) is 19.2 Å². The van der Waals surface area contributed by atoms with Crippen LogP contribution < -0.4 is 0 Å². The monoisotopic (exact) mass is 582 g/mol. The third-order valence-electron chi connectivity index (χ3n) is 3.46. The lowest BCUT2D eigenvalue weighted by Crippen LogP contribution is -2.17. The summed E-state index contributed by atoms with van der Waals surface area (Å²) in [5.41, 5.74) is 0. The minimum Gasteiger partial charge on any atom is -0.282 e. The molecule has 0 amide bonds. The van der Waals surface area contributed by atoms with Crippen LogP contribution in [-0.4, -0.2) is 77.0 Å². The second-order valence-corrected chi connectivity index (χ2v) is 14.1. The standard InChI is InChI=1S/C22H30O4S7/c1-5-19(23)30-11-9-28-17(15-32-21(25)7-3)13-27-14-18(16-33-22(26)8-4)29-10-12-31-20(24)6-2/h5-8,17-18H,1-4,9-16H2. The van der Waals surface area contributed by atoms with Crippen LogP contribution in [0.2, 0.25) is 0 Å². The predicted molar refractivity (Wildman–Crippen MR) is 160 cm³/mol. The molecular weight excluding hydrogens is 553 g/mol. The predicted octanol–water partition coefficient (Wildman–Crippen LogP) is 5.71. The zero-order valence-electron chi connectivity index (χ0n) is 18.4. The Labute approximate surface area is 227 Å². The van der Waals surface area contributed by atoms with Gasteiger partial charge in [0, 0.05) is 56.5 Å². The first-order valence-electron chi connectivity index (χ1n) is 9.83. The average molecular weight is 583 g/mol. The van der Waals surface area contributed by atoms with E-state index in [-0.39, 0.29) is 31.0 Å².